The lowest BCUT2D eigenvalue weighted by atomic mass is 9.65. The molecule has 0 heterocycles. The number of carbonyl (C=O) groups excluding carboxylic acids is 3. The number of nitrogens with zero attached hydrogens (tertiary/aromatic N) is 1. The predicted octanol–water partition coefficient (Wildman–Crippen LogP) is 4.90. The first-order valence-corrected chi connectivity index (χ1v) is 13.2. The van der Waals surface area contributed by atoms with Gasteiger partial charge in [0, 0.05) is 16.7 Å². The molecule has 3 saturated carbocycles. The zero-order chi connectivity index (χ0) is 23.2. The molecule has 0 saturated heterocycles. The molecule has 0 amide bonds. The van der Waals surface area contributed by atoms with E-state index in [4.69, 9.17) is 14.5 Å². The Morgan fingerprint density at radius 1 is 0.529 bits per heavy atom. The number of hydrogen-bond acceptors (Lipinski definition) is 7. The van der Waals surface area contributed by atoms with Crippen LogP contribution < -0.4 is 0 Å². The highest BCUT2D eigenvalue weighted by Gasteiger charge is 2.43. The zero-order valence-electron chi connectivity index (χ0n) is 19.6. The van der Waals surface area contributed by atoms with Crippen molar-refractivity contribution in [3.05, 3.63) is 34.9 Å². The second kappa shape index (κ2) is 8.99. The van der Waals surface area contributed by atoms with Crippen LogP contribution in [0, 0.1) is 35.5 Å². The highest BCUT2D eigenvalue weighted by atomic mass is 17.2. The molecule has 0 aromatic rings. The molecule has 0 spiro atoms. The van der Waals surface area contributed by atoms with E-state index in [1.807, 2.05) is 18.2 Å². The van der Waals surface area contributed by atoms with Gasteiger partial charge in [-0.1, -0.05) is 18.2 Å². The lowest BCUT2D eigenvalue weighted by Gasteiger charge is -2.41. The topological polar surface area (TPSA) is 82.1 Å². The van der Waals surface area contributed by atoms with Gasteiger partial charge in [-0.25, -0.2) is 14.4 Å². The summed E-state index contributed by atoms with van der Waals surface area (Å²) in [6.07, 6.45) is 17.7. The Morgan fingerprint density at radius 2 is 0.853 bits per heavy atom. The third-order valence-electron chi connectivity index (χ3n) is 9.34. The van der Waals surface area contributed by atoms with Crippen molar-refractivity contribution in [2.24, 2.45) is 35.5 Å². The summed E-state index contributed by atoms with van der Waals surface area (Å²) < 4.78 is 0. The van der Waals surface area contributed by atoms with Crippen molar-refractivity contribution in [2.75, 3.05) is 0 Å². The van der Waals surface area contributed by atoms with E-state index < -0.39 is 17.9 Å². The van der Waals surface area contributed by atoms with Crippen molar-refractivity contribution >= 4 is 17.9 Å². The van der Waals surface area contributed by atoms with Gasteiger partial charge >= 0.3 is 17.9 Å². The molecule has 0 aromatic carbocycles. The lowest BCUT2D eigenvalue weighted by molar-refractivity contribution is -0.461. The van der Waals surface area contributed by atoms with Crippen LogP contribution in [0.4, 0.5) is 0 Å². The van der Waals surface area contributed by atoms with Crippen molar-refractivity contribution in [1.29, 1.82) is 0 Å². The number of allylic oxidation sites excluding steroid dienone is 3. The summed E-state index contributed by atoms with van der Waals surface area (Å²) in [6, 6.07) is 0. The Kier molecular flexibility index (Phi) is 5.84. The van der Waals surface area contributed by atoms with Gasteiger partial charge in [-0.05, 0) is 113 Å². The van der Waals surface area contributed by atoms with Crippen LogP contribution in [0.3, 0.4) is 0 Å². The van der Waals surface area contributed by atoms with Gasteiger partial charge < -0.3 is 0 Å². The van der Waals surface area contributed by atoms with Gasteiger partial charge in [0.1, 0.15) is 0 Å². The van der Waals surface area contributed by atoms with Crippen LogP contribution in [-0.4, -0.2) is 23.3 Å². The highest BCUT2D eigenvalue weighted by molar-refractivity contribution is 5.91. The van der Waals surface area contributed by atoms with E-state index in [1.165, 1.54) is 0 Å². The smallest absolute Gasteiger partial charge is 0.296 e. The van der Waals surface area contributed by atoms with Crippen LogP contribution in [-0.2, 0) is 28.9 Å². The Bertz CT molecular complexity index is 856. The molecule has 0 bridgehead atoms. The number of fused-ring (bicyclic) bond motifs is 3. The van der Waals surface area contributed by atoms with Gasteiger partial charge in [-0.15, -0.1) is 0 Å². The fourth-order valence-electron chi connectivity index (χ4n) is 6.91. The van der Waals surface area contributed by atoms with Crippen molar-refractivity contribution in [3.63, 3.8) is 0 Å². The molecular weight excluding hydrogens is 434 g/mol. The standard InChI is InChI=1S/C27H33NO6/c29-25(22-7-1-4-16-10-13-19(16)22)32-28(33-26(30)23-8-2-5-17-11-14-20(17)23)34-27(31)24-9-3-6-18-12-15-21(18)24/h7-9,16-21H,1-6,10-15H2. The maximum atomic E-state index is 13.0. The summed E-state index contributed by atoms with van der Waals surface area (Å²) in [5, 5.41) is 0.391. The summed E-state index contributed by atoms with van der Waals surface area (Å²) in [6.45, 7) is 0. The first-order valence-electron chi connectivity index (χ1n) is 13.2. The van der Waals surface area contributed by atoms with Crippen molar-refractivity contribution < 1.29 is 28.9 Å². The van der Waals surface area contributed by atoms with Gasteiger partial charge in [-0.2, -0.15) is 0 Å². The number of hydrogen-bond donors (Lipinski definition) is 0. The molecular formula is C27H33NO6. The lowest BCUT2D eigenvalue weighted by Crippen LogP contribution is -2.41. The SMILES string of the molecule is O=C(ON(OC(=O)C1=CCCC2CCC12)OC(=O)C1=CCCC2CCC12)C1=CCCC2CCC12. The maximum Gasteiger partial charge on any atom is 0.360 e. The second-order valence-electron chi connectivity index (χ2n) is 10.9. The molecule has 6 rings (SSSR count). The molecule has 3 fully saturated rings. The molecule has 6 atom stereocenters. The van der Waals surface area contributed by atoms with E-state index in [1.54, 1.807) is 0 Å². The summed E-state index contributed by atoms with van der Waals surface area (Å²) in [4.78, 5) is 55.3. The fourth-order valence-corrected chi connectivity index (χ4v) is 6.91. The minimum Gasteiger partial charge on any atom is -0.296 e. The molecule has 182 valence electrons. The largest absolute Gasteiger partial charge is 0.360 e. The van der Waals surface area contributed by atoms with E-state index in [2.05, 4.69) is 0 Å². The Labute approximate surface area is 200 Å². The van der Waals surface area contributed by atoms with Gasteiger partial charge in [-0.3, -0.25) is 14.5 Å². The normalized spacial score (nSPS) is 35.4. The summed E-state index contributed by atoms with van der Waals surface area (Å²) in [7, 11) is 0. The number of rotatable bonds is 6. The Balaban J connectivity index is 1.17. The molecule has 6 unspecified atom stereocenters. The molecule has 7 heteroatoms. The van der Waals surface area contributed by atoms with Crippen LogP contribution in [0.2, 0.25) is 0 Å². The highest BCUT2D eigenvalue weighted by Crippen LogP contribution is 2.48. The maximum absolute atomic E-state index is 13.0. The average molecular weight is 468 g/mol. The van der Waals surface area contributed by atoms with E-state index in [-0.39, 0.29) is 17.8 Å². The first kappa shape index (κ1) is 22.1. The van der Waals surface area contributed by atoms with E-state index in [0.29, 0.717) is 39.9 Å². The molecule has 34 heavy (non-hydrogen) atoms. The average Bonchev–Trinajstić information content (AvgIpc) is 2.75. The van der Waals surface area contributed by atoms with Gasteiger partial charge in [0.25, 0.3) is 0 Å². The third kappa shape index (κ3) is 3.92. The Hall–Kier alpha value is -2.41. The summed E-state index contributed by atoms with van der Waals surface area (Å²) >= 11 is 0. The minimum atomic E-state index is -0.603. The molecule has 0 aromatic heterocycles. The van der Waals surface area contributed by atoms with Crippen LogP contribution in [0.25, 0.3) is 0 Å². The minimum absolute atomic E-state index is 0.183. The molecule has 6 aliphatic carbocycles. The fraction of sp³-hybridized carbons (Fsp3) is 0.667. The zero-order valence-corrected chi connectivity index (χ0v) is 19.6. The van der Waals surface area contributed by atoms with Crippen LogP contribution in [0.5, 0.6) is 0 Å². The third-order valence-corrected chi connectivity index (χ3v) is 9.34. The van der Waals surface area contributed by atoms with Gasteiger partial charge in [0.15, 0.2) is 0 Å². The van der Waals surface area contributed by atoms with Crippen LogP contribution >= 0.6 is 0 Å². The van der Waals surface area contributed by atoms with Crippen molar-refractivity contribution in [3.8, 4) is 0 Å². The second-order valence-corrected chi connectivity index (χ2v) is 10.9. The molecule has 7 nitrogen and oxygen atoms in total. The van der Waals surface area contributed by atoms with Crippen LogP contribution in [0.15, 0.2) is 34.9 Å². The molecule has 0 N–H and O–H groups in total. The van der Waals surface area contributed by atoms with Crippen molar-refractivity contribution in [1.82, 2.24) is 5.39 Å². The number of carbonyl (C=O) groups is 3. The monoisotopic (exact) mass is 467 g/mol. The van der Waals surface area contributed by atoms with Gasteiger partial charge in [0.2, 0.25) is 5.39 Å². The van der Waals surface area contributed by atoms with Gasteiger partial charge in [0.05, 0.1) is 0 Å². The molecule has 6 aliphatic rings. The van der Waals surface area contributed by atoms with Crippen molar-refractivity contribution in [2.45, 2.75) is 77.0 Å². The Morgan fingerprint density at radius 3 is 1.12 bits per heavy atom. The van der Waals surface area contributed by atoms with Crippen LogP contribution in [0.1, 0.15) is 77.0 Å². The summed E-state index contributed by atoms with van der Waals surface area (Å²) in [5.41, 5.74) is 1.81. The molecule has 0 radical (unpaired) electrons. The quantitative estimate of drug-likeness (QED) is 0.514. The summed E-state index contributed by atoms with van der Waals surface area (Å²) in [5.74, 6) is 0.273. The molecule has 0 aliphatic heterocycles. The predicted molar refractivity (Wildman–Crippen MR) is 121 cm³/mol. The van der Waals surface area contributed by atoms with E-state index >= 15 is 0 Å². The van der Waals surface area contributed by atoms with E-state index in [0.717, 1.165) is 77.0 Å². The van der Waals surface area contributed by atoms with E-state index in [9.17, 15) is 14.4 Å². The first-order chi connectivity index (χ1) is 16.6.